The number of carboxylic acid groups (broad SMARTS) is 1. The molecule has 1 saturated heterocycles. The van der Waals surface area contributed by atoms with Crippen molar-refractivity contribution in [1.82, 2.24) is 0 Å². The van der Waals surface area contributed by atoms with Gasteiger partial charge in [-0.2, -0.15) is 0 Å². The topological polar surface area (TPSA) is 83.7 Å². The van der Waals surface area contributed by atoms with E-state index in [4.69, 9.17) is 5.11 Å². The minimum absolute atomic E-state index is 0.0727. The normalized spacial score (nSPS) is 22.5. The predicted octanol–water partition coefficient (Wildman–Crippen LogP) is 2.20. The van der Waals surface area contributed by atoms with E-state index in [1.807, 2.05) is 17.9 Å². The largest absolute Gasteiger partial charge is 0.481 e. The van der Waals surface area contributed by atoms with Crippen molar-refractivity contribution in [1.29, 1.82) is 0 Å². The Morgan fingerprint density at radius 3 is 2.74 bits per heavy atom. The number of nitro benzene ring substituents is 1. The molecule has 1 N–H and O–H groups in total. The standard InChI is InChI=1S/C13H16N2O4/c1-8-3-4-10(7-12(8)15(18)19)14-6-5-11(9(14)2)13(16)17/h3-4,7,9,11H,5-6H2,1-2H3,(H,16,17). The van der Waals surface area contributed by atoms with Crippen molar-refractivity contribution in [2.45, 2.75) is 26.3 Å². The maximum Gasteiger partial charge on any atom is 0.308 e. The summed E-state index contributed by atoms with van der Waals surface area (Å²) in [5.41, 5.74) is 1.40. The smallest absolute Gasteiger partial charge is 0.308 e. The number of anilines is 1. The number of rotatable bonds is 3. The molecular weight excluding hydrogens is 248 g/mol. The van der Waals surface area contributed by atoms with E-state index in [0.29, 0.717) is 24.2 Å². The van der Waals surface area contributed by atoms with Crippen molar-refractivity contribution in [3.63, 3.8) is 0 Å². The quantitative estimate of drug-likeness (QED) is 0.668. The van der Waals surface area contributed by atoms with Gasteiger partial charge in [0, 0.05) is 29.9 Å². The zero-order valence-corrected chi connectivity index (χ0v) is 10.9. The predicted molar refractivity (Wildman–Crippen MR) is 70.4 cm³/mol. The van der Waals surface area contributed by atoms with Crippen LogP contribution in [-0.4, -0.2) is 28.6 Å². The first-order chi connectivity index (χ1) is 8.91. The Hall–Kier alpha value is -2.11. The van der Waals surface area contributed by atoms with Crippen molar-refractivity contribution in [3.8, 4) is 0 Å². The molecule has 6 nitrogen and oxygen atoms in total. The average molecular weight is 264 g/mol. The van der Waals surface area contributed by atoms with Crippen LogP contribution in [0.3, 0.4) is 0 Å². The zero-order chi connectivity index (χ0) is 14.2. The Morgan fingerprint density at radius 1 is 1.53 bits per heavy atom. The number of benzene rings is 1. The number of carbonyl (C=O) groups is 1. The van der Waals surface area contributed by atoms with Crippen LogP contribution >= 0.6 is 0 Å². The Morgan fingerprint density at radius 2 is 2.21 bits per heavy atom. The van der Waals surface area contributed by atoms with Gasteiger partial charge in [0.05, 0.1) is 10.8 Å². The number of aliphatic carboxylic acids is 1. The summed E-state index contributed by atoms with van der Waals surface area (Å²) in [5, 5.41) is 20.0. The first kappa shape index (κ1) is 13.3. The molecule has 1 aromatic rings. The summed E-state index contributed by atoms with van der Waals surface area (Å²) in [4.78, 5) is 23.5. The summed E-state index contributed by atoms with van der Waals surface area (Å²) in [5.74, 6) is -1.23. The molecule has 1 aromatic carbocycles. The van der Waals surface area contributed by atoms with E-state index in [1.165, 1.54) is 6.07 Å². The highest BCUT2D eigenvalue weighted by Crippen LogP contribution is 2.32. The fourth-order valence-corrected chi connectivity index (χ4v) is 2.61. The molecule has 2 atom stereocenters. The summed E-state index contributed by atoms with van der Waals surface area (Å²) in [6.45, 7) is 4.14. The molecule has 102 valence electrons. The summed E-state index contributed by atoms with van der Waals surface area (Å²) >= 11 is 0. The number of nitro groups is 1. The molecule has 0 saturated carbocycles. The van der Waals surface area contributed by atoms with E-state index in [0.717, 1.165) is 0 Å². The van der Waals surface area contributed by atoms with E-state index in [2.05, 4.69) is 0 Å². The maximum atomic E-state index is 11.1. The van der Waals surface area contributed by atoms with E-state index in [-0.39, 0.29) is 11.7 Å². The van der Waals surface area contributed by atoms with Crippen LogP contribution in [0.15, 0.2) is 18.2 Å². The van der Waals surface area contributed by atoms with E-state index in [9.17, 15) is 14.9 Å². The van der Waals surface area contributed by atoms with Gasteiger partial charge in [0.15, 0.2) is 0 Å². The molecule has 0 amide bonds. The highest BCUT2D eigenvalue weighted by atomic mass is 16.6. The molecule has 6 heteroatoms. The SMILES string of the molecule is Cc1ccc(N2CCC(C(=O)O)C2C)cc1[N+](=O)[O-]. The van der Waals surface area contributed by atoms with Gasteiger partial charge in [-0.25, -0.2) is 0 Å². The van der Waals surface area contributed by atoms with Crippen LogP contribution in [0.2, 0.25) is 0 Å². The lowest BCUT2D eigenvalue weighted by atomic mass is 10.0. The van der Waals surface area contributed by atoms with Gasteiger partial charge in [-0.15, -0.1) is 0 Å². The van der Waals surface area contributed by atoms with Crippen molar-refractivity contribution >= 4 is 17.3 Å². The third kappa shape index (κ3) is 2.38. The van der Waals surface area contributed by atoms with Gasteiger partial charge in [-0.05, 0) is 26.3 Å². The highest BCUT2D eigenvalue weighted by Gasteiger charge is 2.36. The average Bonchev–Trinajstić information content (AvgIpc) is 2.71. The number of nitrogens with zero attached hydrogens (tertiary/aromatic N) is 2. The number of hydrogen-bond donors (Lipinski definition) is 1. The summed E-state index contributed by atoms with van der Waals surface area (Å²) in [6.07, 6.45) is 0.568. The fourth-order valence-electron chi connectivity index (χ4n) is 2.61. The van der Waals surface area contributed by atoms with Gasteiger partial charge >= 0.3 is 5.97 Å². The van der Waals surface area contributed by atoms with E-state index < -0.39 is 16.8 Å². The molecular formula is C13H16N2O4. The van der Waals surface area contributed by atoms with E-state index in [1.54, 1.807) is 13.0 Å². The lowest BCUT2D eigenvalue weighted by molar-refractivity contribution is -0.385. The molecule has 2 unspecified atom stereocenters. The monoisotopic (exact) mass is 264 g/mol. The maximum absolute atomic E-state index is 11.1. The summed E-state index contributed by atoms with van der Waals surface area (Å²) in [6, 6.07) is 4.88. The molecule has 0 radical (unpaired) electrons. The second kappa shape index (κ2) is 4.87. The van der Waals surface area contributed by atoms with Gasteiger partial charge < -0.3 is 10.0 Å². The second-order valence-electron chi connectivity index (χ2n) is 4.90. The third-order valence-electron chi connectivity index (χ3n) is 3.79. The van der Waals surface area contributed by atoms with Crippen LogP contribution < -0.4 is 4.90 Å². The molecule has 2 rings (SSSR count). The van der Waals surface area contributed by atoms with Gasteiger partial charge in [0.25, 0.3) is 5.69 Å². The Kier molecular flexibility index (Phi) is 3.42. The molecule has 19 heavy (non-hydrogen) atoms. The molecule has 1 fully saturated rings. The number of aryl methyl sites for hydroxylation is 1. The van der Waals surface area contributed by atoms with Gasteiger partial charge in [0.1, 0.15) is 0 Å². The molecule has 0 aromatic heterocycles. The summed E-state index contributed by atoms with van der Waals surface area (Å²) in [7, 11) is 0. The molecule has 1 aliphatic rings. The van der Waals surface area contributed by atoms with Gasteiger partial charge in [0.2, 0.25) is 0 Å². The minimum Gasteiger partial charge on any atom is -0.481 e. The Bertz CT molecular complexity index is 529. The first-order valence-electron chi connectivity index (χ1n) is 6.16. The Labute approximate surface area is 110 Å². The van der Waals surface area contributed by atoms with Crippen molar-refractivity contribution in [3.05, 3.63) is 33.9 Å². The minimum atomic E-state index is -0.809. The third-order valence-corrected chi connectivity index (χ3v) is 3.79. The van der Waals surface area contributed by atoms with Crippen LogP contribution in [0.25, 0.3) is 0 Å². The fraction of sp³-hybridized carbons (Fsp3) is 0.462. The van der Waals surface area contributed by atoms with Gasteiger partial charge in [-0.1, -0.05) is 6.07 Å². The second-order valence-corrected chi connectivity index (χ2v) is 4.90. The van der Waals surface area contributed by atoms with Crippen molar-refractivity contribution < 1.29 is 14.8 Å². The van der Waals surface area contributed by atoms with Gasteiger partial charge in [-0.3, -0.25) is 14.9 Å². The molecule has 1 aliphatic heterocycles. The number of hydrogen-bond acceptors (Lipinski definition) is 4. The zero-order valence-electron chi connectivity index (χ0n) is 10.9. The van der Waals surface area contributed by atoms with Crippen LogP contribution in [0, 0.1) is 23.0 Å². The first-order valence-corrected chi connectivity index (χ1v) is 6.16. The lowest BCUT2D eigenvalue weighted by Gasteiger charge is -2.25. The summed E-state index contributed by atoms with van der Waals surface area (Å²) < 4.78 is 0. The number of carboxylic acids is 1. The van der Waals surface area contributed by atoms with Crippen LogP contribution in [0.1, 0.15) is 18.9 Å². The molecule has 0 aliphatic carbocycles. The molecule has 0 bridgehead atoms. The Balaban J connectivity index is 2.31. The van der Waals surface area contributed by atoms with Crippen LogP contribution in [-0.2, 0) is 4.79 Å². The molecule has 1 heterocycles. The van der Waals surface area contributed by atoms with E-state index >= 15 is 0 Å². The van der Waals surface area contributed by atoms with Crippen molar-refractivity contribution in [2.75, 3.05) is 11.4 Å². The molecule has 0 spiro atoms. The van der Waals surface area contributed by atoms with Crippen LogP contribution in [0.4, 0.5) is 11.4 Å². The van der Waals surface area contributed by atoms with Crippen LogP contribution in [0.5, 0.6) is 0 Å². The highest BCUT2D eigenvalue weighted by molar-refractivity contribution is 5.73. The van der Waals surface area contributed by atoms with Crippen molar-refractivity contribution in [2.24, 2.45) is 5.92 Å². The lowest BCUT2D eigenvalue weighted by Crippen LogP contribution is -2.32.